The molecule has 2 N–H and O–H groups in total. The van der Waals surface area contributed by atoms with Crippen LogP contribution >= 0.6 is 0 Å². The number of fused-ring (bicyclic) bond motifs is 2. The van der Waals surface area contributed by atoms with E-state index in [-0.39, 0.29) is 11.3 Å². The first-order valence-electron chi connectivity index (χ1n) is 8.31. The Morgan fingerprint density at radius 2 is 2.04 bits per heavy atom. The highest BCUT2D eigenvalue weighted by atomic mass is 16.4. The van der Waals surface area contributed by atoms with Crippen molar-refractivity contribution < 1.29 is 9.52 Å². The van der Waals surface area contributed by atoms with E-state index in [2.05, 4.69) is 28.8 Å². The molecule has 6 nitrogen and oxygen atoms in total. The highest BCUT2D eigenvalue weighted by molar-refractivity contribution is 5.94. The molecule has 2 aromatic carbocycles. The second-order valence-corrected chi connectivity index (χ2v) is 6.38. The molecule has 4 aromatic rings. The van der Waals surface area contributed by atoms with Crippen molar-refractivity contribution in [2.45, 2.75) is 19.8 Å². The smallest absolute Gasteiger partial charge is 0.348 e. The molecule has 0 aliphatic rings. The highest BCUT2D eigenvalue weighted by Crippen LogP contribution is 2.26. The Morgan fingerprint density at radius 1 is 1.23 bits per heavy atom. The van der Waals surface area contributed by atoms with Crippen LogP contribution in [0.2, 0.25) is 0 Å². The van der Waals surface area contributed by atoms with Crippen molar-refractivity contribution in [2.24, 2.45) is 4.99 Å². The number of aliphatic imine (C=N–C) groups is 1. The number of para-hydroxylation sites is 1. The van der Waals surface area contributed by atoms with Crippen molar-refractivity contribution >= 4 is 33.9 Å². The summed E-state index contributed by atoms with van der Waals surface area (Å²) in [5, 5.41) is 10.8. The van der Waals surface area contributed by atoms with Crippen LogP contribution in [0.25, 0.3) is 22.0 Å². The normalized spacial score (nSPS) is 12.0. The van der Waals surface area contributed by atoms with Crippen LogP contribution < -0.4 is 5.63 Å². The van der Waals surface area contributed by atoms with Crippen molar-refractivity contribution in [3.63, 3.8) is 0 Å². The second kappa shape index (κ2) is 6.15. The molecule has 0 bridgehead atoms. The molecule has 0 radical (unpaired) electrons. The Hall–Kier alpha value is -3.41. The van der Waals surface area contributed by atoms with Gasteiger partial charge in [-0.3, -0.25) is 4.99 Å². The molecule has 0 saturated heterocycles. The third-order valence-electron chi connectivity index (χ3n) is 4.19. The number of hydrogen-bond donors (Lipinski definition) is 2. The van der Waals surface area contributed by atoms with E-state index < -0.39 is 5.63 Å². The number of imidazole rings is 1. The van der Waals surface area contributed by atoms with Crippen LogP contribution in [0.15, 0.2) is 56.7 Å². The van der Waals surface area contributed by atoms with Gasteiger partial charge in [-0.15, -0.1) is 0 Å². The predicted molar refractivity (Wildman–Crippen MR) is 102 cm³/mol. The maximum absolute atomic E-state index is 12.1. The van der Waals surface area contributed by atoms with E-state index in [1.165, 1.54) is 6.21 Å². The van der Waals surface area contributed by atoms with Crippen molar-refractivity contribution in [3.8, 4) is 5.75 Å². The fourth-order valence-corrected chi connectivity index (χ4v) is 2.77. The van der Waals surface area contributed by atoms with Crippen molar-refractivity contribution in [1.29, 1.82) is 0 Å². The van der Waals surface area contributed by atoms with Gasteiger partial charge in [0, 0.05) is 12.1 Å². The molecule has 26 heavy (non-hydrogen) atoms. The summed E-state index contributed by atoms with van der Waals surface area (Å²) in [4.78, 5) is 24.2. The topological polar surface area (TPSA) is 91.5 Å². The lowest BCUT2D eigenvalue weighted by Gasteiger charge is -2.02. The lowest BCUT2D eigenvalue weighted by Crippen LogP contribution is -2.06. The molecule has 4 rings (SSSR count). The van der Waals surface area contributed by atoms with E-state index in [1.54, 1.807) is 24.3 Å². The zero-order chi connectivity index (χ0) is 18.3. The van der Waals surface area contributed by atoms with Crippen LogP contribution in [0.4, 0.5) is 5.69 Å². The number of hydrogen-bond acceptors (Lipinski definition) is 5. The van der Waals surface area contributed by atoms with Gasteiger partial charge in [-0.1, -0.05) is 26.0 Å². The molecule has 0 aliphatic carbocycles. The summed E-state index contributed by atoms with van der Waals surface area (Å²) < 4.78 is 5.24. The number of rotatable bonds is 3. The van der Waals surface area contributed by atoms with Gasteiger partial charge in [0.15, 0.2) is 0 Å². The van der Waals surface area contributed by atoms with Gasteiger partial charge in [-0.05, 0) is 30.3 Å². The standard InChI is InChI=1S/C20H17N3O3/c1-11(2)19-22-15-8-7-12(9-16(15)23-19)21-10-14-18(24)13-5-3-4-6-17(13)26-20(14)25/h3-11,24H,1-2H3,(H,22,23). The lowest BCUT2D eigenvalue weighted by molar-refractivity contribution is 0.466. The Balaban J connectivity index is 1.75. The SMILES string of the molecule is CC(C)c1nc2ccc(N=Cc3c(O)c4ccccc4oc3=O)cc2[nH]1. The third kappa shape index (κ3) is 2.75. The quantitative estimate of drug-likeness (QED) is 0.428. The van der Waals surface area contributed by atoms with Crippen molar-refractivity contribution in [3.05, 3.63) is 64.3 Å². The minimum atomic E-state index is -0.630. The Bertz CT molecular complexity index is 1200. The van der Waals surface area contributed by atoms with Gasteiger partial charge in [0.1, 0.15) is 22.7 Å². The van der Waals surface area contributed by atoms with E-state index in [1.807, 2.05) is 18.2 Å². The number of H-pyrrole nitrogens is 1. The maximum atomic E-state index is 12.1. The van der Waals surface area contributed by atoms with Crippen LogP contribution in [-0.2, 0) is 0 Å². The first-order chi connectivity index (χ1) is 12.5. The molecule has 0 aliphatic heterocycles. The Morgan fingerprint density at radius 3 is 2.85 bits per heavy atom. The number of aromatic nitrogens is 2. The lowest BCUT2D eigenvalue weighted by atomic mass is 10.1. The summed E-state index contributed by atoms with van der Waals surface area (Å²) in [6, 6.07) is 12.4. The maximum Gasteiger partial charge on any atom is 0.348 e. The average Bonchev–Trinajstić information content (AvgIpc) is 3.05. The van der Waals surface area contributed by atoms with E-state index >= 15 is 0 Å². The van der Waals surface area contributed by atoms with Gasteiger partial charge in [0.05, 0.1) is 22.1 Å². The number of aromatic amines is 1. The van der Waals surface area contributed by atoms with E-state index in [4.69, 9.17) is 4.42 Å². The summed E-state index contributed by atoms with van der Waals surface area (Å²) in [5.41, 5.74) is 2.11. The summed E-state index contributed by atoms with van der Waals surface area (Å²) in [6.07, 6.45) is 1.33. The molecule has 2 aromatic heterocycles. The third-order valence-corrected chi connectivity index (χ3v) is 4.19. The van der Waals surface area contributed by atoms with E-state index in [0.717, 1.165) is 16.9 Å². The zero-order valence-corrected chi connectivity index (χ0v) is 14.4. The van der Waals surface area contributed by atoms with Crippen LogP contribution in [0.3, 0.4) is 0 Å². The first kappa shape index (κ1) is 16.1. The highest BCUT2D eigenvalue weighted by Gasteiger charge is 2.12. The fourth-order valence-electron chi connectivity index (χ4n) is 2.77. The van der Waals surface area contributed by atoms with Crippen LogP contribution in [0.1, 0.15) is 31.2 Å². The van der Waals surface area contributed by atoms with Gasteiger partial charge < -0.3 is 14.5 Å². The molecular formula is C20H17N3O3. The molecule has 6 heteroatoms. The van der Waals surface area contributed by atoms with E-state index in [9.17, 15) is 9.90 Å². The summed E-state index contributed by atoms with van der Waals surface area (Å²) in [5.74, 6) is 1.08. The van der Waals surface area contributed by atoms with E-state index in [0.29, 0.717) is 22.6 Å². The van der Waals surface area contributed by atoms with Crippen LogP contribution in [0.5, 0.6) is 5.75 Å². The molecule has 0 saturated carbocycles. The molecule has 0 atom stereocenters. The molecular weight excluding hydrogens is 330 g/mol. The molecule has 0 amide bonds. The molecule has 0 spiro atoms. The monoisotopic (exact) mass is 347 g/mol. The van der Waals surface area contributed by atoms with Crippen LogP contribution in [-0.4, -0.2) is 21.3 Å². The van der Waals surface area contributed by atoms with Gasteiger partial charge in [0.25, 0.3) is 0 Å². The van der Waals surface area contributed by atoms with Gasteiger partial charge >= 0.3 is 5.63 Å². The number of nitrogens with zero attached hydrogens (tertiary/aromatic N) is 2. The minimum absolute atomic E-state index is 0.0243. The fraction of sp³-hybridized carbons (Fsp3) is 0.150. The summed E-state index contributed by atoms with van der Waals surface area (Å²) in [6.45, 7) is 4.14. The second-order valence-electron chi connectivity index (χ2n) is 6.38. The number of nitrogens with one attached hydrogen (secondary N) is 1. The molecule has 2 heterocycles. The summed E-state index contributed by atoms with van der Waals surface area (Å²) in [7, 11) is 0. The largest absolute Gasteiger partial charge is 0.506 e. The van der Waals surface area contributed by atoms with Gasteiger partial charge in [-0.25, -0.2) is 9.78 Å². The minimum Gasteiger partial charge on any atom is -0.506 e. The Kier molecular flexibility index (Phi) is 3.80. The number of aromatic hydroxyl groups is 1. The van der Waals surface area contributed by atoms with Gasteiger partial charge in [0.2, 0.25) is 0 Å². The molecule has 0 unspecified atom stereocenters. The summed E-state index contributed by atoms with van der Waals surface area (Å²) >= 11 is 0. The average molecular weight is 347 g/mol. The number of benzene rings is 2. The van der Waals surface area contributed by atoms with Gasteiger partial charge in [-0.2, -0.15) is 0 Å². The molecule has 0 fully saturated rings. The Labute approximate surface area is 148 Å². The first-order valence-corrected chi connectivity index (χ1v) is 8.31. The molecule has 130 valence electrons. The van der Waals surface area contributed by atoms with Crippen LogP contribution in [0, 0.1) is 0 Å². The van der Waals surface area contributed by atoms with Crippen molar-refractivity contribution in [2.75, 3.05) is 0 Å². The predicted octanol–water partition coefficient (Wildman–Crippen LogP) is 4.25. The van der Waals surface area contributed by atoms with Crippen molar-refractivity contribution in [1.82, 2.24) is 9.97 Å². The zero-order valence-electron chi connectivity index (χ0n) is 14.4.